The lowest BCUT2D eigenvalue weighted by molar-refractivity contribution is -0.200. The number of alkyl halides is 3. The highest BCUT2D eigenvalue weighted by Crippen LogP contribution is 2.37. The third-order valence-electron chi connectivity index (χ3n) is 4.64. The van der Waals surface area contributed by atoms with Crippen LogP contribution in [0.15, 0.2) is 18.2 Å². The van der Waals surface area contributed by atoms with Gasteiger partial charge in [-0.25, -0.2) is 4.79 Å². The van der Waals surface area contributed by atoms with Gasteiger partial charge in [-0.05, 0) is 31.0 Å². The SMILES string of the molecule is O=C(NC1(C(F)(F)F)NC(=O)N(C2CCCC2)C1=O)c1ccc(Cl)cc1Cl. The smallest absolute Gasteiger partial charge is 0.314 e. The van der Waals surface area contributed by atoms with Crippen molar-refractivity contribution in [2.45, 2.75) is 43.6 Å². The minimum absolute atomic E-state index is 0.180. The van der Waals surface area contributed by atoms with Crippen molar-refractivity contribution in [1.82, 2.24) is 15.5 Å². The van der Waals surface area contributed by atoms with Gasteiger partial charge in [-0.3, -0.25) is 19.8 Å². The third-order valence-corrected chi connectivity index (χ3v) is 5.19. The Bertz CT molecular complexity index is 812. The van der Waals surface area contributed by atoms with Crippen molar-refractivity contribution in [3.63, 3.8) is 0 Å². The van der Waals surface area contributed by atoms with Gasteiger partial charge in [0, 0.05) is 11.1 Å². The van der Waals surface area contributed by atoms with E-state index in [1.807, 2.05) is 0 Å². The molecule has 1 aromatic carbocycles. The van der Waals surface area contributed by atoms with Crippen LogP contribution in [0.3, 0.4) is 0 Å². The maximum Gasteiger partial charge on any atom is 0.440 e. The Kier molecular flexibility index (Phi) is 5.02. The van der Waals surface area contributed by atoms with Crippen molar-refractivity contribution in [2.24, 2.45) is 0 Å². The van der Waals surface area contributed by atoms with Gasteiger partial charge in [0.05, 0.1) is 10.6 Å². The van der Waals surface area contributed by atoms with Gasteiger partial charge in [0.1, 0.15) is 0 Å². The number of nitrogens with zero attached hydrogens (tertiary/aromatic N) is 1. The molecular formula is C16H14Cl2F3N3O3. The first kappa shape index (κ1) is 19.8. The molecule has 4 amide bonds. The van der Waals surface area contributed by atoms with Gasteiger partial charge in [0.2, 0.25) is 0 Å². The maximum absolute atomic E-state index is 13.8. The van der Waals surface area contributed by atoms with E-state index < -0.39 is 35.7 Å². The molecule has 2 aliphatic rings. The average molecular weight is 424 g/mol. The van der Waals surface area contributed by atoms with Crippen molar-refractivity contribution < 1.29 is 27.6 Å². The molecule has 0 radical (unpaired) electrons. The quantitative estimate of drug-likeness (QED) is 0.730. The first-order valence-corrected chi connectivity index (χ1v) is 8.82. The lowest BCUT2D eigenvalue weighted by Crippen LogP contribution is -2.69. The molecule has 0 bridgehead atoms. The molecule has 1 aromatic rings. The highest BCUT2D eigenvalue weighted by molar-refractivity contribution is 6.36. The number of nitrogens with one attached hydrogen (secondary N) is 2. The summed E-state index contributed by atoms with van der Waals surface area (Å²) < 4.78 is 41.4. The molecule has 2 fully saturated rings. The lowest BCUT2D eigenvalue weighted by atomic mass is 10.1. The zero-order valence-electron chi connectivity index (χ0n) is 13.7. The molecule has 1 aliphatic heterocycles. The van der Waals surface area contributed by atoms with Crippen LogP contribution >= 0.6 is 23.2 Å². The summed E-state index contributed by atoms with van der Waals surface area (Å²) in [4.78, 5) is 37.8. The molecule has 1 aliphatic carbocycles. The van der Waals surface area contributed by atoms with Crippen LogP contribution in [-0.4, -0.2) is 40.6 Å². The molecule has 1 heterocycles. The van der Waals surface area contributed by atoms with Gasteiger partial charge in [-0.15, -0.1) is 0 Å². The summed E-state index contributed by atoms with van der Waals surface area (Å²) in [6.07, 6.45) is -3.02. The van der Waals surface area contributed by atoms with E-state index in [2.05, 4.69) is 0 Å². The maximum atomic E-state index is 13.8. The molecule has 1 atom stereocenters. The molecule has 1 saturated carbocycles. The van der Waals surface area contributed by atoms with Crippen LogP contribution in [0.5, 0.6) is 0 Å². The van der Waals surface area contributed by atoms with E-state index in [4.69, 9.17) is 23.2 Å². The average Bonchev–Trinajstić information content (AvgIpc) is 3.14. The number of carbonyl (C=O) groups is 3. The summed E-state index contributed by atoms with van der Waals surface area (Å²) in [5.41, 5.74) is -3.86. The zero-order valence-corrected chi connectivity index (χ0v) is 15.2. The fraction of sp³-hybridized carbons (Fsp3) is 0.438. The van der Waals surface area contributed by atoms with E-state index in [-0.39, 0.29) is 15.6 Å². The Morgan fingerprint density at radius 1 is 1.22 bits per heavy atom. The summed E-state index contributed by atoms with van der Waals surface area (Å²) in [6, 6.07) is 1.75. The minimum Gasteiger partial charge on any atom is -0.314 e. The summed E-state index contributed by atoms with van der Waals surface area (Å²) >= 11 is 11.6. The molecular weight excluding hydrogens is 410 g/mol. The summed E-state index contributed by atoms with van der Waals surface area (Å²) in [5.74, 6) is -2.82. The van der Waals surface area contributed by atoms with E-state index >= 15 is 0 Å². The number of urea groups is 1. The Balaban J connectivity index is 1.95. The molecule has 1 saturated heterocycles. The molecule has 27 heavy (non-hydrogen) atoms. The first-order valence-electron chi connectivity index (χ1n) is 8.07. The van der Waals surface area contributed by atoms with Crippen LogP contribution in [0, 0.1) is 0 Å². The van der Waals surface area contributed by atoms with Crippen molar-refractivity contribution in [3.8, 4) is 0 Å². The van der Waals surface area contributed by atoms with Crippen LogP contribution in [0.1, 0.15) is 36.0 Å². The molecule has 0 spiro atoms. The second kappa shape index (κ2) is 6.87. The second-order valence-corrected chi connectivity index (χ2v) is 7.21. The molecule has 1 unspecified atom stereocenters. The largest absolute Gasteiger partial charge is 0.440 e. The monoisotopic (exact) mass is 423 g/mol. The Morgan fingerprint density at radius 2 is 1.85 bits per heavy atom. The van der Waals surface area contributed by atoms with E-state index in [1.54, 1.807) is 10.6 Å². The minimum atomic E-state index is -5.26. The van der Waals surface area contributed by atoms with Crippen molar-refractivity contribution in [3.05, 3.63) is 33.8 Å². The van der Waals surface area contributed by atoms with Crippen molar-refractivity contribution in [2.75, 3.05) is 0 Å². The fourth-order valence-corrected chi connectivity index (χ4v) is 3.79. The van der Waals surface area contributed by atoms with Crippen LogP contribution in [-0.2, 0) is 4.79 Å². The van der Waals surface area contributed by atoms with E-state index in [0.717, 1.165) is 6.07 Å². The Hall–Kier alpha value is -2.00. The standard InChI is InChI=1S/C16H14Cl2F3N3O3/c17-8-5-6-10(11(18)7-8)12(25)22-15(16(19,20)21)13(26)24(14(27)23-15)9-3-1-2-4-9/h5-7,9H,1-4H2,(H,22,25)(H,23,27). The number of amides is 4. The van der Waals surface area contributed by atoms with Gasteiger partial charge in [0.15, 0.2) is 0 Å². The predicted molar refractivity (Wildman–Crippen MR) is 90.3 cm³/mol. The predicted octanol–water partition coefficient (Wildman–Crippen LogP) is 3.48. The zero-order chi connectivity index (χ0) is 20.0. The van der Waals surface area contributed by atoms with E-state index in [1.165, 1.54) is 12.1 Å². The molecule has 3 rings (SSSR count). The summed E-state index contributed by atoms with van der Waals surface area (Å²) in [5, 5.41) is 3.24. The van der Waals surface area contributed by atoms with Gasteiger partial charge < -0.3 is 5.32 Å². The van der Waals surface area contributed by atoms with Crippen LogP contribution < -0.4 is 10.6 Å². The van der Waals surface area contributed by atoms with Crippen molar-refractivity contribution in [1.29, 1.82) is 0 Å². The highest BCUT2D eigenvalue weighted by atomic mass is 35.5. The number of rotatable bonds is 3. The molecule has 11 heteroatoms. The van der Waals surface area contributed by atoms with Gasteiger partial charge in [-0.2, -0.15) is 13.2 Å². The van der Waals surface area contributed by atoms with Crippen molar-refractivity contribution >= 4 is 41.0 Å². The Morgan fingerprint density at radius 3 is 2.41 bits per heavy atom. The fourth-order valence-electron chi connectivity index (χ4n) is 3.30. The van der Waals surface area contributed by atoms with Crippen LogP contribution in [0.4, 0.5) is 18.0 Å². The molecule has 0 aromatic heterocycles. The summed E-state index contributed by atoms with van der Waals surface area (Å²) in [7, 11) is 0. The second-order valence-electron chi connectivity index (χ2n) is 6.37. The highest BCUT2D eigenvalue weighted by Gasteiger charge is 2.69. The Labute approximate surface area is 162 Å². The normalized spacial score (nSPS) is 23.7. The van der Waals surface area contributed by atoms with E-state index in [0.29, 0.717) is 30.6 Å². The van der Waals surface area contributed by atoms with Crippen LogP contribution in [0.25, 0.3) is 0 Å². The molecule has 6 nitrogen and oxygen atoms in total. The van der Waals surface area contributed by atoms with Gasteiger partial charge in [-0.1, -0.05) is 36.0 Å². The number of imide groups is 1. The van der Waals surface area contributed by atoms with E-state index in [9.17, 15) is 27.6 Å². The number of hydrogen-bond donors (Lipinski definition) is 2. The van der Waals surface area contributed by atoms with Crippen LogP contribution in [0.2, 0.25) is 10.0 Å². The first-order chi connectivity index (χ1) is 12.6. The topological polar surface area (TPSA) is 78.5 Å². The van der Waals surface area contributed by atoms with Gasteiger partial charge in [0.25, 0.3) is 17.5 Å². The molecule has 2 N–H and O–H groups in total. The number of halogens is 5. The lowest BCUT2D eigenvalue weighted by Gasteiger charge is -2.30. The number of benzene rings is 1. The van der Waals surface area contributed by atoms with Gasteiger partial charge >= 0.3 is 12.2 Å². The summed E-state index contributed by atoms with van der Waals surface area (Å²) in [6.45, 7) is 0. The molecule has 146 valence electrons. The third kappa shape index (κ3) is 3.34. The number of carbonyl (C=O) groups excluding carboxylic acids is 3. The number of hydrogen-bond acceptors (Lipinski definition) is 3.